The van der Waals surface area contributed by atoms with Crippen LogP contribution in [0.15, 0.2) is 96.2 Å². The summed E-state index contributed by atoms with van der Waals surface area (Å²) in [5.74, 6) is -0.102. The van der Waals surface area contributed by atoms with Gasteiger partial charge in [0.05, 0.1) is 11.6 Å². The van der Waals surface area contributed by atoms with Gasteiger partial charge in [0.15, 0.2) is 0 Å². The molecule has 0 fully saturated rings. The Kier molecular flexibility index (Phi) is 4.30. The Hall–Kier alpha value is -2.87. The van der Waals surface area contributed by atoms with Crippen molar-refractivity contribution in [3.05, 3.63) is 108 Å². The van der Waals surface area contributed by atoms with E-state index in [1.54, 1.807) is 0 Å². The van der Waals surface area contributed by atoms with E-state index in [4.69, 9.17) is 0 Å². The number of hydrogen-bond acceptors (Lipinski definition) is 2. The van der Waals surface area contributed by atoms with Gasteiger partial charge >= 0.3 is 0 Å². The molecule has 2 nitrogen and oxygen atoms in total. The maximum Gasteiger partial charge on any atom is 0.0986 e. The van der Waals surface area contributed by atoms with Gasteiger partial charge in [-0.2, -0.15) is 0 Å². The Morgan fingerprint density at radius 1 is 0.636 bits per heavy atom. The van der Waals surface area contributed by atoms with Crippen molar-refractivity contribution >= 4 is 5.71 Å². The van der Waals surface area contributed by atoms with Crippen molar-refractivity contribution in [2.24, 2.45) is 5.16 Å². The van der Waals surface area contributed by atoms with Crippen LogP contribution in [0.4, 0.5) is 0 Å². The van der Waals surface area contributed by atoms with E-state index in [2.05, 4.69) is 29.4 Å². The summed E-state index contributed by atoms with van der Waals surface area (Å²) in [5, 5.41) is 13.3. The average Bonchev–Trinajstić information content (AvgIpc) is 2.62. The first-order chi connectivity index (χ1) is 10.9. The highest BCUT2D eigenvalue weighted by atomic mass is 16.4. The van der Waals surface area contributed by atoms with E-state index >= 15 is 0 Å². The Labute approximate surface area is 130 Å². The van der Waals surface area contributed by atoms with Crippen molar-refractivity contribution in [1.82, 2.24) is 0 Å². The van der Waals surface area contributed by atoms with E-state index in [0.29, 0.717) is 5.71 Å². The van der Waals surface area contributed by atoms with Gasteiger partial charge in [-0.25, -0.2) is 0 Å². The first kappa shape index (κ1) is 14.1. The minimum Gasteiger partial charge on any atom is -0.411 e. The Balaban J connectivity index is 2.14. The molecule has 0 aromatic heterocycles. The summed E-state index contributed by atoms with van der Waals surface area (Å²) in [6.07, 6.45) is 0. The molecule has 0 saturated heterocycles. The van der Waals surface area contributed by atoms with Crippen molar-refractivity contribution in [3.8, 4) is 0 Å². The SMILES string of the molecule is O/N=C(/c1ccccc1)C(c1ccccc1)c1ccccc1. The molecule has 3 rings (SSSR count). The lowest BCUT2D eigenvalue weighted by Gasteiger charge is -2.19. The highest BCUT2D eigenvalue weighted by molar-refractivity contribution is 6.06. The molecule has 0 unspecified atom stereocenters. The number of oxime groups is 1. The quantitative estimate of drug-likeness (QED) is 0.421. The van der Waals surface area contributed by atoms with Gasteiger partial charge in [-0.1, -0.05) is 96.2 Å². The Morgan fingerprint density at radius 2 is 1.05 bits per heavy atom. The second kappa shape index (κ2) is 6.72. The number of benzene rings is 3. The van der Waals surface area contributed by atoms with Gasteiger partial charge in [-0.05, 0) is 11.1 Å². The lowest BCUT2D eigenvalue weighted by molar-refractivity contribution is 0.317. The van der Waals surface area contributed by atoms with E-state index in [-0.39, 0.29) is 5.92 Å². The number of rotatable bonds is 4. The van der Waals surface area contributed by atoms with Crippen LogP contribution in [0.5, 0.6) is 0 Å². The van der Waals surface area contributed by atoms with E-state index in [1.165, 1.54) is 0 Å². The fourth-order valence-corrected chi connectivity index (χ4v) is 2.69. The Bertz CT molecular complexity index is 697. The maximum atomic E-state index is 9.66. The fraction of sp³-hybridized carbons (Fsp3) is 0.0500. The monoisotopic (exact) mass is 287 g/mol. The molecule has 0 heterocycles. The van der Waals surface area contributed by atoms with Gasteiger partial charge < -0.3 is 5.21 Å². The summed E-state index contributed by atoms with van der Waals surface area (Å²) in [4.78, 5) is 0. The largest absolute Gasteiger partial charge is 0.411 e. The van der Waals surface area contributed by atoms with Crippen LogP contribution >= 0.6 is 0 Å². The molecule has 0 spiro atoms. The maximum absolute atomic E-state index is 9.66. The van der Waals surface area contributed by atoms with Gasteiger partial charge in [0.25, 0.3) is 0 Å². The molecule has 0 amide bonds. The highest BCUT2D eigenvalue weighted by Gasteiger charge is 2.22. The summed E-state index contributed by atoms with van der Waals surface area (Å²) in [5.41, 5.74) is 3.77. The summed E-state index contributed by atoms with van der Waals surface area (Å²) in [7, 11) is 0. The van der Waals surface area contributed by atoms with E-state index in [1.807, 2.05) is 66.7 Å². The van der Waals surface area contributed by atoms with Crippen molar-refractivity contribution in [2.75, 3.05) is 0 Å². The van der Waals surface area contributed by atoms with Crippen LogP contribution in [0.25, 0.3) is 0 Å². The van der Waals surface area contributed by atoms with Crippen LogP contribution in [0.2, 0.25) is 0 Å². The highest BCUT2D eigenvalue weighted by Crippen LogP contribution is 2.29. The van der Waals surface area contributed by atoms with Crippen LogP contribution in [0.1, 0.15) is 22.6 Å². The summed E-state index contributed by atoms with van der Waals surface area (Å²) >= 11 is 0. The molecule has 0 radical (unpaired) electrons. The molecular formula is C20H17NO. The summed E-state index contributed by atoms with van der Waals surface area (Å²) < 4.78 is 0. The molecule has 108 valence electrons. The predicted molar refractivity (Wildman–Crippen MR) is 89.5 cm³/mol. The number of nitrogens with zero attached hydrogens (tertiary/aromatic N) is 1. The third-order valence-electron chi connectivity index (χ3n) is 3.72. The third kappa shape index (κ3) is 2.91. The van der Waals surface area contributed by atoms with Crippen molar-refractivity contribution in [3.63, 3.8) is 0 Å². The lowest BCUT2D eigenvalue weighted by atomic mass is 9.84. The summed E-state index contributed by atoms with van der Waals surface area (Å²) in [6.45, 7) is 0. The molecule has 3 aromatic rings. The fourth-order valence-electron chi connectivity index (χ4n) is 2.69. The van der Waals surface area contributed by atoms with Gasteiger partial charge in [-0.3, -0.25) is 0 Å². The second-order valence-corrected chi connectivity index (χ2v) is 5.11. The molecule has 0 aliphatic heterocycles. The zero-order chi connectivity index (χ0) is 15.2. The van der Waals surface area contributed by atoms with Crippen LogP contribution in [-0.2, 0) is 0 Å². The predicted octanol–water partition coefficient (Wildman–Crippen LogP) is 4.70. The molecule has 0 aliphatic carbocycles. The van der Waals surface area contributed by atoms with Gasteiger partial charge in [0.1, 0.15) is 0 Å². The zero-order valence-electron chi connectivity index (χ0n) is 12.1. The topological polar surface area (TPSA) is 32.6 Å². The molecule has 2 heteroatoms. The molecule has 3 aromatic carbocycles. The zero-order valence-corrected chi connectivity index (χ0v) is 12.1. The minimum absolute atomic E-state index is 0.102. The van der Waals surface area contributed by atoms with Gasteiger partial charge in [0.2, 0.25) is 0 Å². The summed E-state index contributed by atoms with van der Waals surface area (Å²) in [6, 6.07) is 30.0. The van der Waals surface area contributed by atoms with E-state index in [9.17, 15) is 5.21 Å². The molecular weight excluding hydrogens is 270 g/mol. The van der Waals surface area contributed by atoms with Crippen LogP contribution in [0, 0.1) is 0 Å². The number of hydrogen-bond donors (Lipinski definition) is 1. The molecule has 0 bridgehead atoms. The standard InChI is InChI=1S/C20H17NO/c22-21-20(18-14-8-3-9-15-18)19(16-10-4-1-5-11-16)17-12-6-2-7-13-17/h1-15,19,22H/b21-20-. The van der Waals surface area contributed by atoms with Crippen molar-refractivity contribution in [2.45, 2.75) is 5.92 Å². The lowest BCUT2D eigenvalue weighted by Crippen LogP contribution is -2.15. The van der Waals surface area contributed by atoms with Crippen LogP contribution in [-0.4, -0.2) is 10.9 Å². The van der Waals surface area contributed by atoms with E-state index < -0.39 is 0 Å². The van der Waals surface area contributed by atoms with Gasteiger partial charge in [0, 0.05) is 5.56 Å². The molecule has 0 aliphatic rings. The third-order valence-corrected chi connectivity index (χ3v) is 3.72. The van der Waals surface area contributed by atoms with Crippen LogP contribution < -0.4 is 0 Å². The van der Waals surface area contributed by atoms with Crippen molar-refractivity contribution in [1.29, 1.82) is 0 Å². The van der Waals surface area contributed by atoms with Crippen molar-refractivity contribution < 1.29 is 5.21 Å². The molecule has 1 N–H and O–H groups in total. The normalized spacial score (nSPS) is 11.6. The molecule has 22 heavy (non-hydrogen) atoms. The smallest absolute Gasteiger partial charge is 0.0986 e. The molecule has 0 saturated carbocycles. The average molecular weight is 287 g/mol. The van der Waals surface area contributed by atoms with E-state index in [0.717, 1.165) is 16.7 Å². The van der Waals surface area contributed by atoms with Crippen LogP contribution in [0.3, 0.4) is 0 Å². The molecule has 0 atom stereocenters. The Morgan fingerprint density at radius 3 is 1.45 bits per heavy atom. The first-order valence-corrected chi connectivity index (χ1v) is 7.27. The second-order valence-electron chi connectivity index (χ2n) is 5.11. The minimum atomic E-state index is -0.102. The van der Waals surface area contributed by atoms with Gasteiger partial charge in [-0.15, -0.1) is 0 Å². The first-order valence-electron chi connectivity index (χ1n) is 7.27.